The quantitative estimate of drug-likeness (QED) is 0.495. The van der Waals surface area contributed by atoms with Gasteiger partial charge < -0.3 is 15.0 Å². The predicted molar refractivity (Wildman–Crippen MR) is 126 cm³/mol. The molecule has 0 fully saturated rings. The van der Waals surface area contributed by atoms with Crippen molar-refractivity contribution in [2.75, 3.05) is 13.2 Å². The molecule has 0 aliphatic carbocycles. The van der Waals surface area contributed by atoms with Gasteiger partial charge in [0.2, 0.25) is 5.91 Å². The molecule has 166 valence electrons. The number of hydrogen-bond acceptors (Lipinski definition) is 3. The minimum absolute atomic E-state index is 0.136. The van der Waals surface area contributed by atoms with Crippen LogP contribution in [0.5, 0.6) is 5.75 Å². The molecule has 3 aromatic carbocycles. The molecule has 0 radical (unpaired) electrons. The van der Waals surface area contributed by atoms with Gasteiger partial charge in [0, 0.05) is 19.5 Å². The van der Waals surface area contributed by atoms with Crippen molar-refractivity contribution < 1.29 is 14.3 Å². The lowest BCUT2D eigenvalue weighted by atomic mass is 10.0. The van der Waals surface area contributed by atoms with Crippen LogP contribution in [0.4, 0.5) is 0 Å². The largest absolute Gasteiger partial charge is 0.484 e. The summed E-state index contributed by atoms with van der Waals surface area (Å²) in [7, 11) is 0. The van der Waals surface area contributed by atoms with Crippen molar-refractivity contribution in [3.8, 4) is 5.75 Å². The van der Waals surface area contributed by atoms with E-state index in [0.29, 0.717) is 25.3 Å². The van der Waals surface area contributed by atoms with Crippen LogP contribution in [-0.4, -0.2) is 35.9 Å². The molecule has 3 aromatic rings. The highest BCUT2D eigenvalue weighted by Crippen LogP contribution is 2.16. The van der Waals surface area contributed by atoms with Gasteiger partial charge in [0.05, 0.1) is 0 Å². The Morgan fingerprint density at radius 3 is 2.00 bits per heavy atom. The topological polar surface area (TPSA) is 58.6 Å². The van der Waals surface area contributed by atoms with Crippen molar-refractivity contribution in [2.45, 2.75) is 32.4 Å². The normalized spacial score (nSPS) is 11.4. The second-order valence-corrected chi connectivity index (χ2v) is 7.61. The molecule has 3 rings (SSSR count). The Morgan fingerprint density at radius 2 is 1.41 bits per heavy atom. The third kappa shape index (κ3) is 6.98. The monoisotopic (exact) mass is 430 g/mol. The second kappa shape index (κ2) is 12.3. The number of amides is 2. The van der Waals surface area contributed by atoms with Crippen LogP contribution in [0.25, 0.3) is 0 Å². The van der Waals surface area contributed by atoms with Gasteiger partial charge in [-0.1, -0.05) is 85.8 Å². The molecule has 0 saturated carbocycles. The Morgan fingerprint density at radius 1 is 0.844 bits per heavy atom. The second-order valence-electron chi connectivity index (χ2n) is 7.61. The minimum atomic E-state index is -0.643. The van der Waals surface area contributed by atoms with E-state index in [0.717, 1.165) is 17.5 Å². The Bertz CT molecular complexity index is 962. The molecule has 5 nitrogen and oxygen atoms in total. The first-order chi connectivity index (χ1) is 15.7. The smallest absolute Gasteiger partial charge is 0.261 e. The van der Waals surface area contributed by atoms with E-state index in [9.17, 15) is 9.59 Å². The highest BCUT2D eigenvalue weighted by Gasteiger charge is 2.30. The fourth-order valence-electron chi connectivity index (χ4n) is 3.44. The highest BCUT2D eigenvalue weighted by atomic mass is 16.5. The first kappa shape index (κ1) is 23.1. The molecule has 0 heterocycles. The van der Waals surface area contributed by atoms with Gasteiger partial charge >= 0.3 is 0 Å². The fraction of sp³-hybridized carbons (Fsp3) is 0.259. The van der Waals surface area contributed by atoms with E-state index in [1.165, 1.54) is 0 Å². The maximum absolute atomic E-state index is 13.4. The fourth-order valence-corrected chi connectivity index (χ4v) is 3.44. The number of ether oxygens (including phenoxy) is 1. The first-order valence-corrected chi connectivity index (χ1v) is 11.0. The van der Waals surface area contributed by atoms with Crippen molar-refractivity contribution in [2.24, 2.45) is 0 Å². The summed E-state index contributed by atoms with van der Waals surface area (Å²) >= 11 is 0. The lowest BCUT2D eigenvalue weighted by Crippen LogP contribution is -2.51. The molecule has 0 spiro atoms. The molecule has 0 aliphatic heterocycles. The van der Waals surface area contributed by atoms with Crippen LogP contribution in [0.15, 0.2) is 91.0 Å². The Labute approximate surface area is 190 Å². The maximum atomic E-state index is 13.4. The van der Waals surface area contributed by atoms with Crippen molar-refractivity contribution in [1.29, 1.82) is 0 Å². The zero-order valence-electron chi connectivity index (χ0n) is 18.4. The van der Waals surface area contributed by atoms with Gasteiger partial charge in [0.15, 0.2) is 6.61 Å². The summed E-state index contributed by atoms with van der Waals surface area (Å²) in [6.07, 6.45) is 1.26. The van der Waals surface area contributed by atoms with E-state index >= 15 is 0 Å². The molecule has 0 aliphatic rings. The van der Waals surface area contributed by atoms with E-state index in [1.807, 2.05) is 97.9 Å². The summed E-state index contributed by atoms with van der Waals surface area (Å²) in [4.78, 5) is 28.2. The number of benzene rings is 3. The maximum Gasteiger partial charge on any atom is 0.261 e. The number of rotatable bonds is 11. The van der Waals surface area contributed by atoms with Crippen LogP contribution in [0, 0.1) is 0 Å². The highest BCUT2D eigenvalue weighted by molar-refractivity contribution is 5.88. The Balaban J connectivity index is 1.86. The Hall–Kier alpha value is -3.60. The zero-order valence-corrected chi connectivity index (χ0v) is 18.4. The van der Waals surface area contributed by atoms with Crippen LogP contribution in [0.2, 0.25) is 0 Å². The zero-order chi connectivity index (χ0) is 22.6. The van der Waals surface area contributed by atoms with Crippen molar-refractivity contribution in [1.82, 2.24) is 10.2 Å². The molecule has 1 atom stereocenters. The van der Waals surface area contributed by atoms with E-state index in [4.69, 9.17) is 4.74 Å². The van der Waals surface area contributed by atoms with Crippen LogP contribution in [0.3, 0.4) is 0 Å². The van der Waals surface area contributed by atoms with E-state index in [2.05, 4.69) is 5.32 Å². The molecule has 5 heteroatoms. The SMILES string of the molecule is CCCNC(=O)[C@@H](Cc1ccccc1)N(Cc1ccccc1)C(=O)COc1ccccc1. The molecular formula is C27H30N2O3. The first-order valence-electron chi connectivity index (χ1n) is 11.0. The lowest BCUT2D eigenvalue weighted by molar-refractivity contribution is -0.142. The predicted octanol–water partition coefficient (Wildman–Crippen LogP) is 4.23. The van der Waals surface area contributed by atoms with E-state index in [1.54, 1.807) is 4.90 Å². The van der Waals surface area contributed by atoms with Crippen molar-refractivity contribution in [3.63, 3.8) is 0 Å². The van der Waals surface area contributed by atoms with Crippen LogP contribution < -0.4 is 10.1 Å². The minimum Gasteiger partial charge on any atom is -0.484 e. The summed E-state index contributed by atoms with van der Waals surface area (Å²) in [6, 6.07) is 28.1. The van der Waals surface area contributed by atoms with Gasteiger partial charge in [-0.15, -0.1) is 0 Å². The van der Waals surface area contributed by atoms with E-state index < -0.39 is 6.04 Å². The molecule has 0 aromatic heterocycles. The van der Waals surface area contributed by atoms with Gasteiger partial charge in [-0.3, -0.25) is 9.59 Å². The number of carbonyl (C=O) groups excluding carboxylic acids is 2. The molecule has 2 amide bonds. The van der Waals surface area contributed by atoms with Gasteiger partial charge in [0.1, 0.15) is 11.8 Å². The van der Waals surface area contributed by atoms with Crippen LogP contribution in [0.1, 0.15) is 24.5 Å². The van der Waals surface area contributed by atoms with Crippen LogP contribution in [-0.2, 0) is 22.6 Å². The van der Waals surface area contributed by atoms with Crippen LogP contribution >= 0.6 is 0 Å². The molecule has 0 saturated heterocycles. The number of nitrogens with one attached hydrogen (secondary N) is 1. The Kier molecular flexibility index (Phi) is 8.87. The van der Waals surface area contributed by atoms with Gasteiger partial charge in [-0.05, 0) is 29.7 Å². The summed E-state index contributed by atoms with van der Waals surface area (Å²) in [5.74, 6) is 0.237. The molecular weight excluding hydrogens is 400 g/mol. The van der Waals surface area contributed by atoms with Gasteiger partial charge in [-0.2, -0.15) is 0 Å². The third-order valence-electron chi connectivity index (χ3n) is 5.12. The molecule has 0 unspecified atom stereocenters. The van der Waals surface area contributed by atoms with Gasteiger partial charge in [-0.25, -0.2) is 0 Å². The molecule has 0 bridgehead atoms. The summed E-state index contributed by atoms with van der Waals surface area (Å²) in [6.45, 7) is 2.77. The van der Waals surface area contributed by atoms with Crippen molar-refractivity contribution in [3.05, 3.63) is 102 Å². The average molecular weight is 431 g/mol. The van der Waals surface area contributed by atoms with E-state index in [-0.39, 0.29) is 18.4 Å². The standard InChI is InChI=1S/C27H30N2O3/c1-2-18-28-27(31)25(19-22-12-6-3-7-13-22)29(20-23-14-8-4-9-15-23)26(30)21-32-24-16-10-5-11-17-24/h3-17,25H,2,18-21H2,1H3,(H,28,31)/t25-/m1/s1. The average Bonchev–Trinajstić information content (AvgIpc) is 2.85. The molecule has 32 heavy (non-hydrogen) atoms. The number of hydrogen-bond donors (Lipinski definition) is 1. The summed E-state index contributed by atoms with van der Waals surface area (Å²) in [5, 5.41) is 2.97. The number of para-hydroxylation sites is 1. The summed E-state index contributed by atoms with van der Waals surface area (Å²) < 4.78 is 5.72. The van der Waals surface area contributed by atoms with Crippen molar-refractivity contribution >= 4 is 11.8 Å². The molecule has 1 N–H and O–H groups in total. The lowest BCUT2D eigenvalue weighted by Gasteiger charge is -2.31. The van der Waals surface area contributed by atoms with Gasteiger partial charge in [0.25, 0.3) is 5.91 Å². The summed E-state index contributed by atoms with van der Waals surface area (Å²) in [5.41, 5.74) is 1.96. The number of carbonyl (C=O) groups is 2. The third-order valence-corrected chi connectivity index (χ3v) is 5.12. The number of nitrogens with zero attached hydrogens (tertiary/aromatic N) is 1.